The molecule has 4 rings (SSSR count). The summed E-state index contributed by atoms with van der Waals surface area (Å²) in [5.74, 6) is 1.54. The average molecular weight is 412 g/mol. The van der Waals surface area contributed by atoms with E-state index >= 15 is 0 Å². The fourth-order valence-corrected chi connectivity index (χ4v) is 6.56. The van der Waals surface area contributed by atoms with Crippen molar-refractivity contribution < 1.29 is 13.2 Å². The third kappa shape index (κ3) is 3.68. The van der Waals surface area contributed by atoms with Gasteiger partial charge in [0.25, 0.3) is 0 Å². The number of sulfonamides is 1. The predicted molar refractivity (Wildman–Crippen MR) is 114 cm³/mol. The smallest absolute Gasteiger partial charge is 0.244 e. The highest BCUT2D eigenvalue weighted by atomic mass is 32.2. The Bertz CT molecular complexity index is 1030. The molecule has 0 aliphatic carbocycles. The molecule has 3 aromatic carbocycles. The first-order valence-electron chi connectivity index (χ1n) is 9.02. The van der Waals surface area contributed by atoms with Crippen molar-refractivity contribution in [2.45, 2.75) is 10.3 Å². The lowest BCUT2D eigenvalue weighted by Gasteiger charge is -2.24. The van der Waals surface area contributed by atoms with Gasteiger partial charge < -0.3 is 4.74 Å². The van der Waals surface area contributed by atoms with E-state index in [4.69, 9.17) is 4.74 Å². The molecule has 0 bridgehead atoms. The van der Waals surface area contributed by atoms with Crippen LogP contribution in [0.25, 0.3) is 11.1 Å². The minimum absolute atomic E-state index is 0.218. The number of benzene rings is 3. The third-order valence-electron chi connectivity index (χ3n) is 4.82. The number of hydrogen-bond acceptors (Lipinski definition) is 4. The van der Waals surface area contributed by atoms with Crippen LogP contribution in [0.15, 0.2) is 83.8 Å². The van der Waals surface area contributed by atoms with Crippen LogP contribution >= 0.6 is 11.8 Å². The van der Waals surface area contributed by atoms with Crippen LogP contribution in [0.4, 0.5) is 0 Å². The van der Waals surface area contributed by atoms with Crippen molar-refractivity contribution in [3.8, 4) is 16.9 Å². The maximum absolute atomic E-state index is 13.3. The molecule has 0 aromatic heterocycles. The lowest BCUT2D eigenvalue weighted by atomic mass is 10.1. The molecule has 0 spiro atoms. The summed E-state index contributed by atoms with van der Waals surface area (Å²) < 4.78 is 33.4. The van der Waals surface area contributed by atoms with E-state index in [1.54, 1.807) is 35.3 Å². The molecule has 3 aromatic rings. The molecule has 1 fully saturated rings. The van der Waals surface area contributed by atoms with Gasteiger partial charge in [0.15, 0.2) is 0 Å². The number of ether oxygens (including phenoxy) is 1. The van der Waals surface area contributed by atoms with E-state index in [2.05, 4.69) is 0 Å². The molecule has 1 unspecified atom stereocenters. The zero-order chi connectivity index (χ0) is 19.6. The van der Waals surface area contributed by atoms with Crippen LogP contribution in [0.3, 0.4) is 0 Å². The first kappa shape index (κ1) is 19.1. The standard InChI is InChI=1S/C22H21NO3S2/c1-26-20-11-7-19(8-12-20)22-23(15-16-27-22)28(24,25)21-13-9-18(10-14-21)17-5-3-2-4-6-17/h2-14,22H,15-16H2,1H3. The van der Waals surface area contributed by atoms with E-state index in [1.807, 2.05) is 66.7 Å². The second kappa shape index (κ2) is 7.99. The van der Waals surface area contributed by atoms with Crippen molar-refractivity contribution >= 4 is 21.8 Å². The lowest BCUT2D eigenvalue weighted by molar-refractivity contribution is 0.413. The molecule has 1 aliphatic rings. The Hall–Kier alpha value is -2.28. The Morgan fingerprint density at radius 1 is 0.893 bits per heavy atom. The maximum Gasteiger partial charge on any atom is 0.244 e. The fourth-order valence-electron chi connectivity index (χ4n) is 3.32. The molecular formula is C22H21NO3S2. The van der Waals surface area contributed by atoms with Gasteiger partial charge in [0.1, 0.15) is 5.75 Å². The Kier molecular flexibility index (Phi) is 5.44. The Morgan fingerprint density at radius 2 is 1.54 bits per heavy atom. The van der Waals surface area contributed by atoms with Gasteiger partial charge in [-0.15, -0.1) is 11.8 Å². The Labute approximate surface area is 170 Å². The molecule has 0 amide bonds. The van der Waals surface area contributed by atoms with Gasteiger partial charge in [0.2, 0.25) is 10.0 Å². The summed E-state index contributed by atoms with van der Waals surface area (Å²) in [6.45, 7) is 0.504. The second-order valence-electron chi connectivity index (χ2n) is 6.50. The first-order valence-corrected chi connectivity index (χ1v) is 11.5. The Balaban J connectivity index is 1.61. The van der Waals surface area contributed by atoms with Crippen molar-refractivity contribution in [3.63, 3.8) is 0 Å². The van der Waals surface area contributed by atoms with Crippen LogP contribution in [0.5, 0.6) is 5.75 Å². The minimum Gasteiger partial charge on any atom is -0.497 e. The Morgan fingerprint density at radius 3 is 2.18 bits per heavy atom. The summed E-state index contributed by atoms with van der Waals surface area (Å²) >= 11 is 1.64. The van der Waals surface area contributed by atoms with Crippen LogP contribution < -0.4 is 4.74 Å². The molecule has 0 N–H and O–H groups in total. The molecule has 1 aliphatic heterocycles. The zero-order valence-corrected chi connectivity index (χ0v) is 17.1. The SMILES string of the molecule is COc1ccc(C2SCCN2S(=O)(=O)c2ccc(-c3ccccc3)cc2)cc1. The topological polar surface area (TPSA) is 46.6 Å². The summed E-state index contributed by atoms with van der Waals surface area (Å²) in [7, 11) is -1.95. The average Bonchev–Trinajstić information content (AvgIpc) is 3.25. The van der Waals surface area contributed by atoms with Crippen LogP contribution in [0, 0.1) is 0 Å². The molecular weight excluding hydrogens is 390 g/mol. The van der Waals surface area contributed by atoms with Crippen molar-refractivity contribution in [2.75, 3.05) is 19.4 Å². The lowest BCUT2D eigenvalue weighted by Crippen LogP contribution is -2.30. The van der Waals surface area contributed by atoms with Crippen molar-refractivity contribution in [2.24, 2.45) is 0 Å². The summed E-state index contributed by atoms with van der Waals surface area (Å²) in [6.07, 6.45) is 0. The number of rotatable bonds is 5. The quantitative estimate of drug-likeness (QED) is 0.605. The van der Waals surface area contributed by atoms with E-state index in [-0.39, 0.29) is 5.37 Å². The molecule has 28 heavy (non-hydrogen) atoms. The zero-order valence-electron chi connectivity index (χ0n) is 15.5. The van der Waals surface area contributed by atoms with E-state index in [1.165, 1.54) is 0 Å². The summed E-state index contributed by atoms with van der Waals surface area (Å²) in [4.78, 5) is 0.327. The van der Waals surface area contributed by atoms with Crippen LogP contribution in [0.2, 0.25) is 0 Å². The highest BCUT2D eigenvalue weighted by Crippen LogP contribution is 2.41. The molecule has 0 saturated carbocycles. The number of nitrogens with zero attached hydrogens (tertiary/aromatic N) is 1. The maximum atomic E-state index is 13.3. The van der Waals surface area contributed by atoms with E-state index in [0.717, 1.165) is 28.2 Å². The molecule has 1 heterocycles. The van der Waals surface area contributed by atoms with E-state index < -0.39 is 10.0 Å². The highest BCUT2D eigenvalue weighted by molar-refractivity contribution is 8.01. The van der Waals surface area contributed by atoms with Gasteiger partial charge in [-0.05, 0) is 41.0 Å². The monoisotopic (exact) mass is 411 g/mol. The number of methoxy groups -OCH3 is 1. The summed E-state index contributed by atoms with van der Waals surface area (Å²) in [5, 5.41) is -0.218. The summed E-state index contributed by atoms with van der Waals surface area (Å²) in [6, 6.07) is 24.7. The molecule has 6 heteroatoms. The van der Waals surface area contributed by atoms with E-state index in [9.17, 15) is 8.42 Å². The fraction of sp³-hybridized carbons (Fsp3) is 0.182. The second-order valence-corrected chi connectivity index (χ2v) is 9.58. The molecule has 0 radical (unpaired) electrons. The largest absolute Gasteiger partial charge is 0.497 e. The first-order chi connectivity index (χ1) is 13.6. The molecule has 4 nitrogen and oxygen atoms in total. The molecule has 1 saturated heterocycles. The highest BCUT2D eigenvalue weighted by Gasteiger charge is 2.36. The normalized spacial score (nSPS) is 17.5. The van der Waals surface area contributed by atoms with Gasteiger partial charge in [-0.1, -0.05) is 54.6 Å². The van der Waals surface area contributed by atoms with Gasteiger partial charge in [-0.2, -0.15) is 4.31 Å². The number of thioether (sulfide) groups is 1. The molecule has 1 atom stereocenters. The predicted octanol–water partition coefficient (Wildman–Crippen LogP) is 4.80. The van der Waals surface area contributed by atoms with Gasteiger partial charge in [0, 0.05) is 12.3 Å². The van der Waals surface area contributed by atoms with Gasteiger partial charge in [0.05, 0.1) is 17.4 Å². The van der Waals surface area contributed by atoms with Gasteiger partial charge in [-0.25, -0.2) is 8.42 Å². The minimum atomic E-state index is -3.57. The summed E-state index contributed by atoms with van der Waals surface area (Å²) in [5.41, 5.74) is 3.04. The van der Waals surface area contributed by atoms with Gasteiger partial charge >= 0.3 is 0 Å². The van der Waals surface area contributed by atoms with E-state index in [0.29, 0.717) is 11.4 Å². The molecule has 144 valence electrons. The van der Waals surface area contributed by atoms with Crippen LogP contribution in [-0.2, 0) is 10.0 Å². The van der Waals surface area contributed by atoms with Crippen molar-refractivity contribution in [1.29, 1.82) is 0 Å². The third-order valence-corrected chi connectivity index (χ3v) is 8.09. The van der Waals surface area contributed by atoms with Gasteiger partial charge in [-0.3, -0.25) is 0 Å². The number of hydrogen-bond donors (Lipinski definition) is 0. The van der Waals surface area contributed by atoms with Crippen LogP contribution in [-0.4, -0.2) is 32.1 Å². The van der Waals surface area contributed by atoms with Crippen molar-refractivity contribution in [1.82, 2.24) is 4.31 Å². The van der Waals surface area contributed by atoms with Crippen molar-refractivity contribution in [3.05, 3.63) is 84.4 Å². The van der Waals surface area contributed by atoms with Crippen LogP contribution in [0.1, 0.15) is 10.9 Å².